The van der Waals surface area contributed by atoms with Crippen LogP contribution in [0.5, 0.6) is 0 Å². The molecule has 2 rings (SSSR count). The van der Waals surface area contributed by atoms with Gasteiger partial charge in [0.15, 0.2) is 0 Å². The minimum atomic E-state index is 0.384. The third kappa shape index (κ3) is 0.260. The summed E-state index contributed by atoms with van der Waals surface area (Å²) < 4.78 is 0. The van der Waals surface area contributed by atoms with Gasteiger partial charge in [-0.05, 0) is 18.3 Å². The van der Waals surface area contributed by atoms with Gasteiger partial charge in [-0.2, -0.15) is 0 Å². The smallest absolute Gasteiger partial charge is 0.0222 e. The van der Waals surface area contributed by atoms with E-state index in [9.17, 15) is 0 Å². The average molecular weight is 97.2 g/mol. The van der Waals surface area contributed by atoms with Gasteiger partial charge in [0.1, 0.15) is 0 Å². The van der Waals surface area contributed by atoms with Crippen LogP contribution >= 0.6 is 0 Å². The summed E-state index contributed by atoms with van der Waals surface area (Å²) in [5.74, 6) is 1.88. The number of fused-ring (bicyclic) bond motifs is 1. The lowest BCUT2D eigenvalue weighted by Crippen LogP contribution is -2.15. The first-order chi connectivity index (χ1) is 3.29. The van der Waals surface area contributed by atoms with Crippen LogP contribution in [0.15, 0.2) is 0 Å². The van der Waals surface area contributed by atoms with Crippen LogP contribution in [-0.2, 0) is 0 Å². The van der Waals surface area contributed by atoms with Gasteiger partial charge in [-0.3, -0.25) is 0 Å². The topological polar surface area (TPSA) is 26.0 Å². The molecule has 1 heteroatoms. The quantitative estimate of drug-likeness (QED) is 0.513. The molecule has 2 N–H and O–H groups in total. The largest absolute Gasteiger partial charge is 0.325 e. The van der Waals surface area contributed by atoms with Gasteiger partial charge in [-0.1, -0.05) is 13.3 Å². The van der Waals surface area contributed by atoms with Crippen molar-refractivity contribution in [3.8, 4) is 0 Å². The molecule has 0 saturated heterocycles. The summed E-state index contributed by atoms with van der Waals surface area (Å²) in [5.41, 5.74) is 6.18. The van der Waals surface area contributed by atoms with Crippen molar-refractivity contribution >= 4 is 0 Å². The van der Waals surface area contributed by atoms with E-state index in [-0.39, 0.29) is 0 Å². The first-order valence-electron chi connectivity index (χ1n) is 3.08. The van der Waals surface area contributed by atoms with Crippen molar-refractivity contribution in [1.82, 2.24) is 0 Å². The molecule has 3 atom stereocenters. The van der Waals surface area contributed by atoms with Crippen LogP contribution in [0.4, 0.5) is 0 Å². The van der Waals surface area contributed by atoms with E-state index in [4.69, 9.17) is 5.73 Å². The molecular formula is C6H11N. The van der Waals surface area contributed by atoms with Crippen molar-refractivity contribution in [1.29, 1.82) is 0 Å². The molecule has 0 aromatic carbocycles. The van der Waals surface area contributed by atoms with Crippen LogP contribution in [-0.4, -0.2) is 5.54 Å². The second-order valence-corrected chi connectivity index (χ2v) is 2.94. The van der Waals surface area contributed by atoms with Gasteiger partial charge in [0.2, 0.25) is 0 Å². The summed E-state index contributed by atoms with van der Waals surface area (Å²) >= 11 is 0. The molecule has 0 aromatic rings. The van der Waals surface area contributed by atoms with Gasteiger partial charge < -0.3 is 5.73 Å². The Balaban J connectivity index is 2.02. The van der Waals surface area contributed by atoms with E-state index in [0.717, 1.165) is 11.8 Å². The monoisotopic (exact) mass is 97.1 g/mol. The summed E-state index contributed by atoms with van der Waals surface area (Å²) in [6, 6.07) is 0. The Morgan fingerprint density at radius 3 is 2.43 bits per heavy atom. The van der Waals surface area contributed by atoms with Crippen molar-refractivity contribution in [3.63, 3.8) is 0 Å². The predicted molar refractivity (Wildman–Crippen MR) is 28.8 cm³/mol. The zero-order valence-corrected chi connectivity index (χ0v) is 4.65. The second kappa shape index (κ2) is 0.752. The van der Waals surface area contributed by atoms with Gasteiger partial charge in [-0.25, -0.2) is 0 Å². The van der Waals surface area contributed by atoms with Crippen LogP contribution in [0.1, 0.15) is 19.8 Å². The van der Waals surface area contributed by atoms with Gasteiger partial charge in [0.25, 0.3) is 0 Å². The summed E-state index contributed by atoms with van der Waals surface area (Å²) in [7, 11) is 0. The molecule has 0 heterocycles. The van der Waals surface area contributed by atoms with Crippen LogP contribution in [0.3, 0.4) is 0 Å². The molecule has 0 aliphatic heterocycles. The fraction of sp³-hybridized carbons (Fsp3) is 1.00. The Morgan fingerprint density at radius 2 is 2.43 bits per heavy atom. The minimum Gasteiger partial charge on any atom is -0.325 e. The molecule has 0 bridgehead atoms. The SMILES string of the molecule is CCC1C2CC12N. The molecule has 0 aromatic heterocycles. The molecule has 0 spiro atoms. The first kappa shape index (κ1) is 3.90. The van der Waals surface area contributed by atoms with E-state index in [0.29, 0.717) is 5.54 Å². The lowest BCUT2D eigenvalue weighted by molar-refractivity contribution is 0.553. The molecule has 7 heavy (non-hydrogen) atoms. The Morgan fingerprint density at radius 1 is 1.86 bits per heavy atom. The highest BCUT2D eigenvalue weighted by molar-refractivity contribution is 5.30. The van der Waals surface area contributed by atoms with E-state index in [1.807, 2.05) is 0 Å². The normalized spacial score (nSPS) is 64.3. The fourth-order valence-corrected chi connectivity index (χ4v) is 1.75. The molecule has 2 aliphatic rings. The molecule has 1 nitrogen and oxygen atoms in total. The summed E-state index contributed by atoms with van der Waals surface area (Å²) in [6.45, 7) is 2.23. The Bertz CT molecular complexity index is 111. The van der Waals surface area contributed by atoms with E-state index in [1.165, 1.54) is 12.8 Å². The number of hydrogen-bond donors (Lipinski definition) is 1. The minimum absolute atomic E-state index is 0.384. The standard InChI is InChI=1S/C6H11N/c1-2-4-5-3-6(4,5)7/h4-5H,2-3,7H2,1H3. The molecule has 0 radical (unpaired) electrons. The highest BCUT2D eigenvalue weighted by Crippen LogP contribution is 2.71. The molecule has 2 aliphatic carbocycles. The maximum absolute atomic E-state index is 5.79. The van der Waals surface area contributed by atoms with Gasteiger partial charge in [-0.15, -0.1) is 0 Å². The zero-order valence-electron chi connectivity index (χ0n) is 4.65. The Kier molecular flexibility index (Phi) is 0.419. The molecule has 40 valence electrons. The summed E-state index contributed by atoms with van der Waals surface area (Å²) in [5, 5.41) is 0. The van der Waals surface area contributed by atoms with Crippen LogP contribution in [0.2, 0.25) is 0 Å². The van der Waals surface area contributed by atoms with E-state index >= 15 is 0 Å². The van der Waals surface area contributed by atoms with Crippen molar-refractivity contribution in [2.75, 3.05) is 0 Å². The van der Waals surface area contributed by atoms with Crippen molar-refractivity contribution < 1.29 is 0 Å². The second-order valence-electron chi connectivity index (χ2n) is 2.94. The third-order valence-corrected chi connectivity index (χ3v) is 2.61. The van der Waals surface area contributed by atoms with E-state index < -0.39 is 0 Å². The molecule has 3 unspecified atom stereocenters. The van der Waals surface area contributed by atoms with Crippen molar-refractivity contribution in [2.24, 2.45) is 17.6 Å². The summed E-state index contributed by atoms with van der Waals surface area (Å²) in [6.07, 6.45) is 2.63. The number of rotatable bonds is 1. The molecule has 2 fully saturated rings. The highest BCUT2D eigenvalue weighted by atomic mass is 15.0. The van der Waals surface area contributed by atoms with Crippen LogP contribution in [0.25, 0.3) is 0 Å². The van der Waals surface area contributed by atoms with Crippen LogP contribution < -0.4 is 5.73 Å². The number of nitrogens with two attached hydrogens (primary N) is 1. The van der Waals surface area contributed by atoms with Crippen LogP contribution in [0, 0.1) is 11.8 Å². The maximum atomic E-state index is 5.79. The van der Waals surface area contributed by atoms with Gasteiger partial charge >= 0.3 is 0 Å². The molecule has 2 saturated carbocycles. The maximum Gasteiger partial charge on any atom is 0.0222 e. The first-order valence-corrected chi connectivity index (χ1v) is 3.08. The average Bonchev–Trinajstić information content (AvgIpc) is 2.28. The lowest BCUT2D eigenvalue weighted by atomic mass is 10.1. The van der Waals surface area contributed by atoms with Gasteiger partial charge in [0, 0.05) is 5.54 Å². The molecule has 0 amide bonds. The fourth-order valence-electron chi connectivity index (χ4n) is 1.75. The Labute approximate surface area is 43.9 Å². The van der Waals surface area contributed by atoms with Crippen molar-refractivity contribution in [2.45, 2.75) is 25.3 Å². The zero-order chi connectivity index (χ0) is 5.07. The highest BCUT2D eigenvalue weighted by Gasteiger charge is 2.75. The summed E-state index contributed by atoms with van der Waals surface area (Å²) in [4.78, 5) is 0. The lowest BCUT2D eigenvalue weighted by Gasteiger charge is -1.99. The van der Waals surface area contributed by atoms with Crippen molar-refractivity contribution in [3.05, 3.63) is 0 Å². The van der Waals surface area contributed by atoms with E-state index in [2.05, 4.69) is 6.92 Å². The van der Waals surface area contributed by atoms with E-state index in [1.54, 1.807) is 0 Å². The third-order valence-electron chi connectivity index (χ3n) is 2.61. The number of hydrogen-bond acceptors (Lipinski definition) is 1. The molecular weight excluding hydrogens is 86.1 g/mol. The predicted octanol–water partition coefficient (Wildman–Crippen LogP) is 0.744. The Hall–Kier alpha value is -0.0400. The van der Waals surface area contributed by atoms with Gasteiger partial charge in [0.05, 0.1) is 0 Å².